The zero-order valence-electron chi connectivity index (χ0n) is 20.0. The maximum Gasteiger partial charge on any atom is 0.272 e. The van der Waals surface area contributed by atoms with Crippen molar-refractivity contribution in [2.75, 3.05) is 6.54 Å². The van der Waals surface area contributed by atoms with E-state index in [9.17, 15) is 4.79 Å². The van der Waals surface area contributed by atoms with Gasteiger partial charge in [0.1, 0.15) is 17.1 Å². The van der Waals surface area contributed by atoms with E-state index in [0.29, 0.717) is 17.1 Å². The molecule has 2 bridgehead atoms. The number of rotatable bonds is 3. The Bertz CT molecular complexity index is 1200. The number of aryl methyl sites for hydroxylation is 3. The Morgan fingerprint density at radius 2 is 1.84 bits per heavy atom. The van der Waals surface area contributed by atoms with Crippen LogP contribution in [0.4, 0.5) is 0 Å². The minimum atomic E-state index is 0.0680. The number of hydrogen-bond donors (Lipinski definition) is 0. The minimum Gasteiger partial charge on any atom is -0.460 e. The molecule has 0 radical (unpaired) electrons. The van der Waals surface area contributed by atoms with Crippen molar-refractivity contribution in [1.82, 2.24) is 14.7 Å². The lowest BCUT2D eigenvalue weighted by Crippen LogP contribution is -2.38. The summed E-state index contributed by atoms with van der Waals surface area (Å²) in [5.41, 5.74) is 4.96. The first-order chi connectivity index (χ1) is 15.0. The van der Waals surface area contributed by atoms with Gasteiger partial charge in [-0.2, -0.15) is 5.10 Å². The topological polar surface area (TPSA) is 51.3 Å². The molecule has 2 fully saturated rings. The van der Waals surface area contributed by atoms with Crippen molar-refractivity contribution in [3.05, 3.63) is 59.0 Å². The molecular weight excluding hydrogens is 398 g/mol. The number of aromatic nitrogens is 2. The van der Waals surface area contributed by atoms with Crippen LogP contribution in [0.25, 0.3) is 17.1 Å². The summed E-state index contributed by atoms with van der Waals surface area (Å²) >= 11 is 0. The Balaban J connectivity index is 1.60. The van der Waals surface area contributed by atoms with Crippen LogP contribution in [-0.2, 0) is 0 Å². The van der Waals surface area contributed by atoms with Crippen molar-refractivity contribution in [2.24, 2.45) is 10.8 Å². The molecule has 5 nitrogen and oxygen atoms in total. The summed E-state index contributed by atoms with van der Waals surface area (Å²) in [7, 11) is 0. The molecule has 2 atom stereocenters. The summed E-state index contributed by atoms with van der Waals surface area (Å²) in [4.78, 5) is 16.1. The van der Waals surface area contributed by atoms with E-state index in [1.165, 1.54) is 5.56 Å². The lowest BCUT2D eigenvalue weighted by molar-refractivity contribution is 0.0699. The zero-order valence-corrected chi connectivity index (χ0v) is 20.0. The monoisotopic (exact) mass is 431 g/mol. The first-order valence-electron chi connectivity index (χ1n) is 11.6. The molecule has 5 rings (SSSR count). The van der Waals surface area contributed by atoms with Gasteiger partial charge in [0, 0.05) is 18.7 Å². The summed E-state index contributed by atoms with van der Waals surface area (Å²) < 4.78 is 7.66. The largest absolute Gasteiger partial charge is 0.460 e. The van der Waals surface area contributed by atoms with Gasteiger partial charge >= 0.3 is 0 Å². The predicted molar refractivity (Wildman–Crippen MR) is 126 cm³/mol. The quantitative estimate of drug-likeness (QED) is 0.504. The molecule has 1 aliphatic heterocycles. The smallest absolute Gasteiger partial charge is 0.272 e. The Morgan fingerprint density at radius 1 is 1.06 bits per heavy atom. The minimum absolute atomic E-state index is 0.0680. The molecular formula is C27H33N3O2. The highest BCUT2D eigenvalue weighted by Gasteiger charge is 2.51. The Hall–Kier alpha value is -2.82. The maximum absolute atomic E-state index is 14.0. The van der Waals surface area contributed by atoms with Gasteiger partial charge in [0.05, 0.1) is 5.69 Å². The number of furan rings is 1. The standard InChI is InChI=1S/C27H33N3O2/c1-17-7-9-22(18(2)11-17)30-23(12-21(28-30)24-10-8-19(3)32-24)25(31)29-16-27(6)14-20(29)13-26(4,5)15-27/h7-12,20H,13-16H2,1-6H3. The number of carbonyl (C=O) groups excluding carboxylic acids is 1. The summed E-state index contributed by atoms with van der Waals surface area (Å²) in [5.74, 6) is 1.59. The van der Waals surface area contributed by atoms with E-state index < -0.39 is 0 Å². The van der Waals surface area contributed by atoms with Gasteiger partial charge in [-0.1, -0.05) is 38.5 Å². The van der Waals surface area contributed by atoms with Crippen molar-refractivity contribution in [2.45, 2.75) is 66.8 Å². The highest BCUT2D eigenvalue weighted by molar-refractivity contribution is 5.95. The lowest BCUT2D eigenvalue weighted by atomic mass is 9.65. The first kappa shape index (κ1) is 21.0. The fraction of sp³-hybridized carbons (Fsp3) is 0.481. The average Bonchev–Trinajstić information content (AvgIpc) is 3.36. The predicted octanol–water partition coefficient (Wildman–Crippen LogP) is 6.10. The highest BCUT2D eigenvalue weighted by Crippen LogP contribution is 2.52. The van der Waals surface area contributed by atoms with Crippen LogP contribution in [0, 0.1) is 31.6 Å². The fourth-order valence-electron chi connectivity index (χ4n) is 6.30. The van der Waals surface area contributed by atoms with Gasteiger partial charge in [-0.15, -0.1) is 0 Å². The molecule has 1 aromatic carbocycles. The third-order valence-corrected chi connectivity index (χ3v) is 7.18. The van der Waals surface area contributed by atoms with Gasteiger partial charge < -0.3 is 9.32 Å². The summed E-state index contributed by atoms with van der Waals surface area (Å²) in [6.07, 6.45) is 3.30. The molecule has 32 heavy (non-hydrogen) atoms. The number of hydrogen-bond acceptors (Lipinski definition) is 3. The van der Waals surface area contributed by atoms with Crippen molar-refractivity contribution in [3.8, 4) is 17.1 Å². The normalized spacial score (nSPS) is 24.2. The molecule has 2 aromatic heterocycles. The van der Waals surface area contributed by atoms with Crippen molar-refractivity contribution in [3.63, 3.8) is 0 Å². The lowest BCUT2D eigenvalue weighted by Gasteiger charge is -2.39. The number of likely N-dealkylation sites (tertiary alicyclic amines) is 1. The molecule has 3 aromatic rings. The average molecular weight is 432 g/mol. The maximum atomic E-state index is 14.0. The number of amides is 1. The molecule has 2 aliphatic rings. The van der Waals surface area contributed by atoms with E-state index in [2.05, 4.69) is 57.7 Å². The molecule has 3 heterocycles. The first-order valence-corrected chi connectivity index (χ1v) is 11.6. The van der Waals surface area contributed by atoms with E-state index in [-0.39, 0.29) is 22.8 Å². The van der Waals surface area contributed by atoms with E-state index in [4.69, 9.17) is 9.52 Å². The molecule has 0 N–H and O–H groups in total. The summed E-state index contributed by atoms with van der Waals surface area (Å²) in [6, 6.07) is 12.3. The van der Waals surface area contributed by atoms with Gasteiger partial charge in [0.15, 0.2) is 5.76 Å². The number of carbonyl (C=O) groups is 1. The van der Waals surface area contributed by atoms with Gasteiger partial charge in [0.25, 0.3) is 5.91 Å². The van der Waals surface area contributed by atoms with Crippen LogP contribution in [0.1, 0.15) is 67.4 Å². The van der Waals surface area contributed by atoms with Crippen LogP contribution in [0.2, 0.25) is 0 Å². The van der Waals surface area contributed by atoms with Crippen LogP contribution in [0.5, 0.6) is 0 Å². The zero-order chi connectivity index (χ0) is 22.8. The van der Waals surface area contributed by atoms with Crippen molar-refractivity contribution >= 4 is 5.91 Å². The molecule has 0 spiro atoms. The van der Waals surface area contributed by atoms with Gasteiger partial charge in [-0.05, 0) is 74.6 Å². The second-order valence-electron chi connectivity index (χ2n) is 11.2. The molecule has 1 aliphatic carbocycles. The Morgan fingerprint density at radius 3 is 2.53 bits per heavy atom. The van der Waals surface area contributed by atoms with Crippen molar-refractivity contribution in [1.29, 1.82) is 0 Å². The number of benzene rings is 1. The van der Waals surface area contributed by atoms with Crippen molar-refractivity contribution < 1.29 is 9.21 Å². The van der Waals surface area contributed by atoms with Crippen LogP contribution in [0.3, 0.4) is 0 Å². The van der Waals surface area contributed by atoms with Crippen LogP contribution < -0.4 is 0 Å². The van der Waals surface area contributed by atoms with Crippen LogP contribution in [0.15, 0.2) is 40.8 Å². The van der Waals surface area contributed by atoms with Gasteiger partial charge in [-0.25, -0.2) is 4.68 Å². The summed E-state index contributed by atoms with van der Waals surface area (Å²) in [6.45, 7) is 13.9. The Labute approximate surface area is 190 Å². The fourth-order valence-corrected chi connectivity index (χ4v) is 6.30. The molecule has 1 amide bonds. The second-order valence-corrected chi connectivity index (χ2v) is 11.2. The Kier molecular flexibility index (Phi) is 4.66. The molecule has 1 saturated heterocycles. The second kappa shape index (κ2) is 7.09. The van der Waals surface area contributed by atoms with E-state index in [1.54, 1.807) is 0 Å². The third kappa shape index (κ3) is 3.58. The van der Waals surface area contributed by atoms with Crippen LogP contribution in [-0.4, -0.2) is 33.2 Å². The van der Waals surface area contributed by atoms with E-state index in [0.717, 1.165) is 42.8 Å². The van der Waals surface area contributed by atoms with Crippen LogP contribution >= 0.6 is 0 Å². The summed E-state index contributed by atoms with van der Waals surface area (Å²) in [5, 5.41) is 4.85. The SMILES string of the molecule is Cc1ccc(-n2nc(-c3ccc(C)o3)cc2C(=O)N2CC3(C)CC2CC(C)(C)C3)c(C)c1. The molecule has 1 saturated carbocycles. The van der Waals surface area contributed by atoms with Gasteiger partial charge in [-0.3, -0.25) is 4.79 Å². The van der Waals surface area contributed by atoms with Gasteiger partial charge in [0.2, 0.25) is 0 Å². The third-order valence-electron chi connectivity index (χ3n) is 7.18. The number of fused-ring (bicyclic) bond motifs is 2. The molecule has 5 heteroatoms. The number of nitrogens with zero attached hydrogens (tertiary/aromatic N) is 3. The molecule has 2 unspecified atom stereocenters. The van der Waals surface area contributed by atoms with E-state index >= 15 is 0 Å². The molecule has 168 valence electrons. The van der Waals surface area contributed by atoms with E-state index in [1.807, 2.05) is 29.8 Å². The highest BCUT2D eigenvalue weighted by atomic mass is 16.3.